The molecule has 0 aliphatic heterocycles. The first-order valence-corrected chi connectivity index (χ1v) is 5.08. The zero-order chi connectivity index (χ0) is 11.4. The highest BCUT2D eigenvalue weighted by molar-refractivity contribution is 5.42. The third-order valence-corrected chi connectivity index (χ3v) is 2.71. The monoisotopic (exact) mass is 209 g/mol. The second kappa shape index (κ2) is 4.93. The van der Waals surface area contributed by atoms with Crippen LogP contribution in [-0.2, 0) is 0 Å². The lowest BCUT2D eigenvalue weighted by Gasteiger charge is -2.28. The maximum Gasteiger partial charge on any atom is 0.239 e. The molecular weight excluding hydrogens is 190 g/mol. The van der Waals surface area contributed by atoms with E-state index in [1.54, 1.807) is 6.20 Å². The average Bonchev–Trinajstić information content (AvgIpc) is 2.27. The zero-order valence-corrected chi connectivity index (χ0v) is 9.73. The van der Waals surface area contributed by atoms with Crippen LogP contribution < -0.4 is 16.2 Å². The molecule has 84 valence electrons. The Kier molecular flexibility index (Phi) is 3.85. The molecule has 1 atom stereocenters. The summed E-state index contributed by atoms with van der Waals surface area (Å²) in [7, 11) is 2.02. The van der Waals surface area contributed by atoms with E-state index < -0.39 is 0 Å². The Balaban J connectivity index is 2.85. The van der Waals surface area contributed by atoms with Crippen molar-refractivity contribution in [2.24, 2.45) is 11.8 Å². The summed E-state index contributed by atoms with van der Waals surface area (Å²) in [5, 5.41) is 0. The van der Waals surface area contributed by atoms with Gasteiger partial charge in [0.25, 0.3) is 0 Å². The first-order chi connectivity index (χ1) is 7.06. The van der Waals surface area contributed by atoms with Crippen molar-refractivity contribution in [1.29, 1.82) is 0 Å². The lowest BCUT2D eigenvalue weighted by Crippen LogP contribution is -2.34. The van der Waals surface area contributed by atoms with E-state index >= 15 is 0 Å². The summed E-state index contributed by atoms with van der Waals surface area (Å²) in [6, 6.07) is 2.30. The Morgan fingerprint density at radius 1 is 1.40 bits per heavy atom. The van der Waals surface area contributed by atoms with E-state index in [-0.39, 0.29) is 0 Å². The normalized spacial score (nSPS) is 12.7. The Bertz CT molecular complexity index is 312. The van der Waals surface area contributed by atoms with Gasteiger partial charge in [-0.15, -0.1) is 0 Å². The Morgan fingerprint density at radius 2 is 2.07 bits per heavy atom. The van der Waals surface area contributed by atoms with Crippen molar-refractivity contribution in [2.75, 3.05) is 17.4 Å². The molecule has 1 rings (SSSR count). The number of nitrogen functional groups attached to an aromatic ring is 1. The van der Waals surface area contributed by atoms with Crippen LogP contribution in [0.15, 0.2) is 12.3 Å². The van der Waals surface area contributed by atoms with Gasteiger partial charge in [0.2, 0.25) is 5.95 Å². The average molecular weight is 209 g/mol. The number of hydrazine groups is 1. The molecule has 15 heavy (non-hydrogen) atoms. The summed E-state index contributed by atoms with van der Waals surface area (Å²) in [4.78, 5) is 10.4. The highest BCUT2D eigenvalue weighted by Crippen LogP contribution is 2.16. The molecule has 1 aromatic heterocycles. The van der Waals surface area contributed by atoms with Gasteiger partial charge in [0, 0.05) is 19.3 Å². The van der Waals surface area contributed by atoms with Gasteiger partial charge >= 0.3 is 0 Å². The Morgan fingerprint density at radius 3 is 2.60 bits per heavy atom. The molecule has 0 saturated heterocycles. The molecule has 1 unspecified atom stereocenters. The molecule has 5 nitrogen and oxygen atoms in total. The molecule has 5 heteroatoms. The maximum atomic E-state index is 5.26. The van der Waals surface area contributed by atoms with Gasteiger partial charge in [-0.25, -0.2) is 10.8 Å². The minimum atomic E-state index is 0.422. The fourth-order valence-corrected chi connectivity index (χ4v) is 1.27. The smallest absolute Gasteiger partial charge is 0.239 e. The van der Waals surface area contributed by atoms with Crippen molar-refractivity contribution in [3.8, 4) is 0 Å². The minimum absolute atomic E-state index is 0.422. The second-order valence-electron chi connectivity index (χ2n) is 3.98. The van der Waals surface area contributed by atoms with Crippen molar-refractivity contribution in [3.63, 3.8) is 0 Å². The fraction of sp³-hybridized carbons (Fsp3) is 0.600. The molecule has 0 saturated carbocycles. The first-order valence-electron chi connectivity index (χ1n) is 5.08. The number of anilines is 2. The van der Waals surface area contributed by atoms with Crippen LogP contribution in [0.3, 0.4) is 0 Å². The number of nitrogens with zero attached hydrogens (tertiary/aromatic N) is 3. The molecular formula is C10H19N5. The van der Waals surface area contributed by atoms with Crippen molar-refractivity contribution < 1.29 is 0 Å². The van der Waals surface area contributed by atoms with E-state index in [1.165, 1.54) is 0 Å². The number of aromatic nitrogens is 2. The van der Waals surface area contributed by atoms with Crippen LogP contribution in [0.1, 0.15) is 20.8 Å². The van der Waals surface area contributed by atoms with Crippen molar-refractivity contribution in [3.05, 3.63) is 12.3 Å². The standard InChI is InChI=1S/C10H19N5/c1-7(2)8(3)15(4)9-5-6-12-10(13-9)14-11/h5-8H,11H2,1-4H3,(H,12,13,14). The van der Waals surface area contributed by atoms with Crippen molar-refractivity contribution in [1.82, 2.24) is 9.97 Å². The first kappa shape index (κ1) is 11.7. The molecule has 0 aromatic carbocycles. The number of hydrogen-bond donors (Lipinski definition) is 2. The maximum absolute atomic E-state index is 5.26. The van der Waals surface area contributed by atoms with Gasteiger partial charge in [-0.05, 0) is 18.9 Å². The third-order valence-electron chi connectivity index (χ3n) is 2.71. The summed E-state index contributed by atoms with van der Waals surface area (Å²) in [6.45, 7) is 6.54. The zero-order valence-electron chi connectivity index (χ0n) is 9.73. The molecule has 0 aliphatic rings. The van der Waals surface area contributed by atoms with E-state index in [1.807, 2.05) is 13.1 Å². The van der Waals surface area contributed by atoms with Gasteiger partial charge in [-0.2, -0.15) is 4.98 Å². The topological polar surface area (TPSA) is 67.1 Å². The van der Waals surface area contributed by atoms with E-state index in [0.717, 1.165) is 5.82 Å². The van der Waals surface area contributed by atoms with Gasteiger partial charge in [0.05, 0.1) is 0 Å². The molecule has 0 radical (unpaired) electrons. The van der Waals surface area contributed by atoms with Gasteiger partial charge in [0.1, 0.15) is 5.82 Å². The Hall–Kier alpha value is -1.36. The van der Waals surface area contributed by atoms with Crippen LogP contribution in [0.5, 0.6) is 0 Å². The van der Waals surface area contributed by atoms with Gasteiger partial charge in [-0.3, -0.25) is 5.43 Å². The molecule has 0 bridgehead atoms. The summed E-state index contributed by atoms with van der Waals surface area (Å²) in [6.07, 6.45) is 1.70. The lowest BCUT2D eigenvalue weighted by molar-refractivity contribution is 0.502. The SMILES string of the molecule is CC(C)C(C)N(C)c1ccnc(NN)n1. The summed E-state index contributed by atoms with van der Waals surface area (Å²) >= 11 is 0. The molecule has 0 amide bonds. The quantitative estimate of drug-likeness (QED) is 0.577. The molecule has 3 N–H and O–H groups in total. The van der Waals surface area contributed by atoms with Crippen LogP contribution in [0.4, 0.5) is 11.8 Å². The van der Waals surface area contributed by atoms with Gasteiger partial charge < -0.3 is 4.90 Å². The van der Waals surface area contributed by atoms with E-state index in [0.29, 0.717) is 17.9 Å². The van der Waals surface area contributed by atoms with Crippen LogP contribution in [0.25, 0.3) is 0 Å². The second-order valence-corrected chi connectivity index (χ2v) is 3.98. The molecule has 0 aliphatic carbocycles. The number of rotatable bonds is 4. The number of nitrogens with two attached hydrogens (primary N) is 1. The van der Waals surface area contributed by atoms with Crippen molar-refractivity contribution in [2.45, 2.75) is 26.8 Å². The number of nitrogens with one attached hydrogen (secondary N) is 1. The van der Waals surface area contributed by atoms with E-state index in [9.17, 15) is 0 Å². The largest absolute Gasteiger partial charge is 0.357 e. The molecule has 0 fully saturated rings. The molecule has 0 spiro atoms. The van der Waals surface area contributed by atoms with Crippen LogP contribution >= 0.6 is 0 Å². The van der Waals surface area contributed by atoms with Crippen LogP contribution in [0, 0.1) is 5.92 Å². The minimum Gasteiger partial charge on any atom is -0.357 e. The summed E-state index contributed by atoms with van der Waals surface area (Å²) in [5.74, 6) is 7.14. The third kappa shape index (κ3) is 2.79. The van der Waals surface area contributed by atoms with Gasteiger partial charge in [0.15, 0.2) is 0 Å². The number of hydrogen-bond acceptors (Lipinski definition) is 5. The highest BCUT2D eigenvalue weighted by atomic mass is 15.3. The lowest BCUT2D eigenvalue weighted by atomic mass is 10.1. The van der Waals surface area contributed by atoms with Crippen LogP contribution in [0.2, 0.25) is 0 Å². The predicted molar refractivity (Wildman–Crippen MR) is 62.5 cm³/mol. The van der Waals surface area contributed by atoms with Gasteiger partial charge in [-0.1, -0.05) is 13.8 Å². The van der Waals surface area contributed by atoms with E-state index in [2.05, 4.69) is 41.1 Å². The predicted octanol–water partition coefficient (Wildman–Crippen LogP) is 1.24. The summed E-state index contributed by atoms with van der Waals surface area (Å²) in [5.41, 5.74) is 2.44. The summed E-state index contributed by atoms with van der Waals surface area (Å²) < 4.78 is 0. The fourth-order valence-electron chi connectivity index (χ4n) is 1.27. The molecule has 1 aromatic rings. The van der Waals surface area contributed by atoms with Crippen molar-refractivity contribution >= 4 is 11.8 Å². The highest BCUT2D eigenvalue weighted by Gasteiger charge is 2.14. The molecule has 1 heterocycles. The van der Waals surface area contributed by atoms with E-state index in [4.69, 9.17) is 5.84 Å². The Labute approximate surface area is 90.7 Å². The van der Waals surface area contributed by atoms with Crippen LogP contribution in [-0.4, -0.2) is 23.1 Å².